The van der Waals surface area contributed by atoms with E-state index in [9.17, 15) is 14.4 Å². The van der Waals surface area contributed by atoms with Gasteiger partial charge in [0.1, 0.15) is 6.04 Å². The van der Waals surface area contributed by atoms with Gasteiger partial charge in [0.2, 0.25) is 5.91 Å². The van der Waals surface area contributed by atoms with Crippen molar-refractivity contribution in [2.45, 2.75) is 32.7 Å². The molecule has 0 aliphatic rings. The Kier molecular flexibility index (Phi) is 5.90. The smallest absolute Gasteiger partial charge is 0.328 e. The Bertz CT molecular complexity index is 842. The molecule has 2 aromatic rings. The van der Waals surface area contributed by atoms with Crippen LogP contribution in [0.15, 0.2) is 29.1 Å². The molecule has 1 N–H and O–H groups in total. The number of hydrogen-bond donors (Lipinski definition) is 1. The number of ether oxygens (including phenoxy) is 1. The lowest BCUT2D eigenvalue weighted by atomic mass is 10.0. The van der Waals surface area contributed by atoms with E-state index in [1.54, 1.807) is 31.3 Å². The predicted molar refractivity (Wildman–Crippen MR) is 94.1 cm³/mol. The summed E-state index contributed by atoms with van der Waals surface area (Å²) in [6.07, 6.45) is 0.458. The van der Waals surface area contributed by atoms with Gasteiger partial charge >= 0.3 is 5.97 Å². The fraction of sp³-hybridized carbons (Fsp3) is 0.444. The third-order valence-corrected chi connectivity index (χ3v) is 3.89. The van der Waals surface area contributed by atoms with Crippen LogP contribution in [0.1, 0.15) is 26.0 Å². The van der Waals surface area contributed by atoms with Crippen molar-refractivity contribution in [1.82, 2.24) is 15.1 Å². The van der Waals surface area contributed by atoms with Gasteiger partial charge in [0.05, 0.1) is 24.6 Å². The van der Waals surface area contributed by atoms with Crippen molar-refractivity contribution in [1.29, 1.82) is 0 Å². The third-order valence-electron chi connectivity index (χ3n) is 3.89. The van der Waals surface area contributed by atoms with Crippen LogP contribution in [0.4, 0.5) is 0 Å². The highest BCUT2D eigenvalue weighted by atomic mass is 16.5. The Morgan fingerprint density at radius 2 is 1.88 bits per heavy atom. The van der Waals surface area contributed by atoms with E-state index in [1.807, 2.05) is 13.8 Å². The quantitative estimate of drug-likeness (QED) is 0.794. The summed E-state index contributed by atoms with van der Waals surface area (Å²) < 4.78 is 5.97. The highest BCUT2D eigenvalue weighted by molar-refractivity contribution is 5.90. The monoisotopic (exact) mass is 345 g/mol. The summed E-state index contributed by atoms with van der Waals surface area (Å²) in [4.78, 5) is 36.4. The molecule has 0 bridgehead atoms. The number of amides is 1. The van der Waals surface area contributed by atoms with Crippen LogP contribution in [0.25, 0.3) is 10.8 Å². The number of aromatic nitrogens is 2. The largest absolute Gasteiger partial charge is 0.467 e. The van der Waals surface area contributed by atoms with Crippen molar-refractivity contribution in [3.8, 4) is 0 Å². The Hall–Kier alpha value is -2.70. The van der Waals surface area contributed by atoms with Gasteiger partial charge in [-0.05, 0) is 18.4 Å². The van der Waals surface area contributed by atoms with Crippen molar-refractivity contribution in [3.05, 3.63) is 40.3 Å². The normalized spacial score (nSPS) is 12.2. The molecule has 0 fully saturated rings. The van der Waals surface area contributed by atoms with Crippen LogP contribution in [-0.4, -0.2) is 34.8 Å². The molecule has 2 rings (SSSR count). The van der Waals surface area contributed by atoms with Crippen molar-refractivity contribution in [3.63, 3.8) is 0 Å². The number of benzene rings is 1. The first-order chi connectivity index (χ1) is 11.8. The second-order valence-electron chi connectivity index (χ2n) is 6.37. The van der Waals surface area contributed by atoms with Crippen LogP contribution < -0.4 is 10.9 Å². The standard InChI is InChI=1S/C18H23N3O4/c1-11(2)9-15(18(24)25-4)19-16(22)10-14-12-7-5-6-8-13(12)17(23)21(3)20-14/h5-8,11,15H,9-10H2,1-4H3,(H,19,22)/t15-/m0/s1. The minimum absolute atomic E-state index is 0.0276. The molecule has 1 aromatic heterocycles. The zero-order chi connectivity index (χ0) is 18.6. The summed E-state index contributed by atoms with van der Waals surface area (Å²) in [6, 6.07) is 6.33. The van der Waals surface area contributed by atoms with Gasteiger partial charge in [-0.3, -0.25) is 9.59 Å². The second kappa shape index (κ2) is 7.92. The first kappa shape index (κ1) is 18.6. The number of carbonyl (C=O) groups is 2. The van der Waals surface area contributed by atoms with Gasteiger partial charge in [-0.25, -0.2) is 9.48 Å². The van der Waals surface area contributed by atoms with Crippen LogP contribution in [0.5, 0.6) is 0 Å². The number of methoxy groups -OCH3 is 1. The molecule has 134 valence electrons. The molecule has 0 saturated carbocycles. The minimum Gasteiger partial charge on any atom is -0.467 e. The van der Waals surface area contributed by atoms with Gasteiger partial charge in [-0.1, -0.05) is 32.0 Å². The maximum Gasteiger partial charge on any atom is 0.328 e. The van der Waals surface area contributed by atoms with E-state index in [0.717, 1.165) is 0 Å². The number of aryl methyl sites for hydroxylation is 1. The Morgan fingerprint density at radius 1 is 1.24 bits per heavy atom. The molecule has 25 heavy (non-hydrogen) atoms. The predicted octanol–water partition coefficient (Wildman–Crippen LogP) is 1.18. The number of carbonyl (C=O) groups excluding carboxylic acids is 2. The van der Waals surface area contributed by atoms with E-state index < -0.39 is 12.0 Å². The van der Waals surface area contributed by atoms with Crippen molar-refractivity contribution >= 4 is 22.6 Å². The number of nitrogens with one attached hydrogen (secondary N) is 1. The van der Waals surface area contributed by atoms with Crippen LogP contribution in [0.3, 0.4) is 0 Å². The minimum atomic E-state index is -0.698. The molecule has 0 unspecified atom stereocenters. The zero-order valence-corrected chi connectivity index (χ0v) is 14.9. The Labute approximate surface area is 146 Å². The van der Waals surface area contributed by atoms with Crippen molar-refractivity contribution < 1.29 is 14.3 Å². The average Bonchev–Trinajstić information content (AvgIpc) is 2.57. The molecular weight excluding hydrogens is 322 g/mol. The molecular formula is C18H23N3O4. The summed E-state index contributed by atoms with van der Waals surface area (Å²) in [5, 5.41) is 8.05. The van der Waals surface area contributed by atoms with Gasteiger partial charge in [-0.15, -0.1) is 0 Å². The lowest BCUT2D eigenvalue weighted by Gasteiger charge is -2.18. The molecule has 1 atom stereocenters. The number of nitrogens with zero attached hydrogens (tertiary/aromatic N) is 2. The van der Waals surface area contributed by atoms with Gasteiger partial charge in [0, 0.05) is 12.4 Å². The second-order valence-corrected chi connectivity index (χ2v) is 6.37. The Balaban J connectivity index is 2.25. The summed E-state index contributed by atoms with van der Waals surface area (Å²) in [5.74, 6) is -0.589. The molecule has 0 spiro atoms. The molecule has 0 aliphatic heterocycles. The molecule has 0 radical (unpaired) electrons. The van der Waals surface area contributed by atoms with E-state index in [1.165, 1.54) is 11.8 Å². The fourth-order valence-corrected chi connectivity index (χ4v) is 2.73. The summed E-state index contributed by atoms with van der Waals surface area (Å²) in [5.41, 5.74) is 0.273. The average molecular weight is 345 g/mol. The lowest BCUT2D eigenvalue weighted by molar-refractivity contribution is -0.145. The van der Waals surface area contributed by atoms with Crippen LogP contribution in [0, 0.1) is 5.92 Å². The van der Waals surface area contributed by atoms with Crippen LogP contribution in [0.2, 0.25) is 0 Å². The molecule has 1 amide bonds. The third kappa shape index (κ3) is 4.43. The molecule has 1 aromatic carbocycles. The maximum absolute atomic E-state index is 12.4. The van der Waals surface area contributed by atoms with Crippen LogP contribution >= 0.6 is 0 Å². The number of fused-ring (bicyclic) bond motifs is 1. The zero-order valence-electron chi connectivity index (χ0n) is 14.9. The van der Waals surface area contributed by atoms with Crippen LogP contribution in [-0.2, 0) is 27.8 Å². The summed E-state index contributed by atoms with van der Waals surface area (Å²) in [6.45, 7) is 3.92. The van der Waals surface area contributed by atoms with Gasteiger partial charge in [-0.2, -0.15) is 5.10 Å². The highest BCUT2D eigenvalue weighted by Gasteiger charge is 2.23. The van der Waals surface area contributed by atoms with E-state index >= 15 is 0 Å². The molecule has 7 nitrogen and oxygen atoms in total. The first-order valence-electron chi connectivity index (χ1n) is 8.15. The highest BCUT2D eigenvalue weighted by Crippen LogP contribution is 2.14. The lowest BCUT2D eigenvalue weighted by Crippen LogP contribution is -2.43. The number of rotatable bonds is 6. The fourth-order valence-electron chi connectivity index (χ4n) is 2.73. The molecule has 0 aliphatic carbocycles. The number of esters is 1. The van der Waals surface area contributed by atoms with E-state index in [0.29, 0.717) is 22.9 Å². The topological polar surface area (TPSA) is 90.3 Å². The summed E-state index contributed by atoms with van der Waals surface area (Å²) >= 11 is 0. The maximum atomic E-state index is 12.4. The Morgan fingerprint density at radius 3 is 2.48 bits per heavy atom. The number of hydrogen-bond acceptors (Lipinski definition) is 5. The van der Waals surface area contributed by atoms with Crippen molar-refractivity contribution in [2.24, 2.45) is 13.0 Å². The first-order valence-corrected chi connectivity index (χ1v) is 8.15. The molecule has 0 saturated heterocycles. The van der Waals surface area contributed by atoms with Crippen molar-refractivity contribution in [2.75, 3.05) is 7.11 Å². The molecule has 1 heterocycles. The van der Waals surface area contributed by atoms with E-state index in [-0.39, 0.29) is 23.8 Å². The SMILES string of the molecule is COC(=O)[C@H](CC(C)C)NC(=O)Cc1nn(C)c(=O)c2ccccc12. The van der Waals surface area contributed by atoms with Gasteiger partial charge in [0.15, 0.2) is 0 Å². The van der Waals surface area contributed by atoms with Gasteiger partial charge in [0.25, 0.3) is 5.56 Å². The van der Waals surface area contributed by atoms with Gasteiger partial charge < -0.3 is 10.1 Å². The van der Waals surface area contributed by atoms with E-state index in [2.05, 4.69) is 10.4 Å². The molecule has 7 heteroatoms. The van der Waals surface area contributed by atoms with E-state index in [4.69, 9.17) is 4.74 Å². The summed E-state index contributed by atoms with van der Waals surface area (Å²) in [7, 11) is 2.84.